The van der Waals surface area contributed by atoms with E-state index in [9.17, 15) is 4.79 Å². The Hall–Kier alpha value is -1.08. The predicted molar refractivity (Wildman–Crippen MR) is 44.9 cm³/mol. The molecule has 0 spiro atoms. The third-order valence-electron chi connectivity index (χ3n) is 2.71. The smallest absolute Gasteiger partial charge is 0.324 e. The van der Waals surface area contributed by atoms with Crippen molar-refractivity contribution >= 4 is 5.97 Å². The van der Waals surface area contributed by atoms with Crippen LogP contribution >= 0.6 is 0 Å². The van der Waals surface area contributed by atoms with Crippen LogP contribution in [0.5, 0.6) is 0 Å². The second-order valence-corrected chi connectivity index (χ2v) is 3.51. The number of rotatable bonds is 2. The summed E-state index contributed by atoms with van der Waals surface area (Å²) in [6, 6.07) is 1.89. The van der Waals surface area contributed by atoms with E-state index in [-0.39, 0.29) is 5.92 Å². The fourth-order valence-corrected chi connectivity index (χ4v) is 1.59. The van der Waals surface area contributed by atoms with Crippen molar-refractivity contribution in [1.29, 1.82) is 5.26 Å². The van der Waals surface area contributed by atoms with Crippen LogP contribution < -0.4 is 0 Å². The number of hydrogen-bond acceptors (Lipinski definition) is 3. The zero-order valence-electron chi connectivity index (χ0n) is 7.62. The van der Waals surface area contributed by atoms with Gasteiger partial charge in [0.2, 0.25) is 0 Å². The highest BCUT2D eigenvalue weighted by molar-refractivity contribution is 5.77. The van der Waals surface area contributed by atoms with Crippen molar-refractivity contribution in [3.8, 4) is 6.07 Å². The van der Waals surface area contributed by atoms with Crippen molar-refractivity contribution in [2.75, 3.05) is 13.2 Å². The maximum Gasteiger partial charge on any atom is 0.324 e. The van der Waals surface area contributed by atoms with Gasteiger partial charge in [0.15, 0.2) is 5.41 Å². The van der Waals surface area contributed by atoms with E-state index in [1.165, 1.54) is 6.92 Å². The van der Waals surface area contributed by atoms with E-state index < -0.39 is 11.4 Å². The summed E-state index contributed by atoms with van der Waals surface area (Å²) in [4.78, 5) is 10.9. The molecule has 0 saturated carbocycles. The van der Waals surface area contributed by atoms with Crippen LogP contribution in [0.4, 0.5) is 0 Å². The molecule has 1 aliphatic heterocycles. The second-order valence-electron chi connectivity index (χ2n) is 3.51. The van der Waals surface area contributed by atoms with Crippen LogP contribution in [-0.4, -0.2) is 24.3 Å². The summed E-state index contributed by atoms with van der Waals surface area (Å²) in [5.41, 5.74) is -1.25. The van der Waals surface area contributed by atoms with Crippen LogP contribution in [-0.2, 0) is 9.53 Å². The highest BCUT2D eigenvalue weighted by Gasteiger charge is 2.42. The van der Waals surface area contributed by atoms with Crippen LogP contribution in [0.2, 0.25) is 0 Å². The van der Waals surface area contributed by atoms with Crippen LogP contribution in [0.3, 0.4) is 0 Å². The predicted octanol–water partition coefficient (Wildman–Crippen LogP) is 1.03. The minimum atomic E-state index is -1.25. The van der Waals surface area contributed by atoms with E-state index in [4.69, 9.17) is 15.1 Å². The monoisotopic (exact) mass is 183 g/mol. The van der Waals surface area contributed by atoms with Gasteiger partial charge in [-0.1, -0.05) is 0 Å². The van der Waals surface area contributed by atoms with E-state index in [1.54, 1.807) is 0 Å². The van der Waals surface area contributed by atoms with Crippen LogP contribution in [0.25, 0.3) is 0 Å². The standard InChI is InChI=1S/C9H13NO3/c1-9(6-10,8(11)12)7-2-4-13-5-3-7/h7H,2-5H2,1H3,(H,11,12). The van der Waals surface area contributed by atoms with Gasteiger partial charge in [0.1, 0.15) is 0 Å². The van der Waals surface area contributed by atoms with Gasteiger partial charge in [0.05, 0.1) is 6.07 Å². The Labute approximate surface area is 77.1 Å². The van der Waals surface area contributed by atoms with Crippen LogP contribution in [0, 0.1) is 22.7 Å². The van der Waals surface area contributed by atoms with Gasteiger partial charge in [-0.15, -0.1) is 0 Å². The topological polar surface area (TPSA) is 70.3 Å². The number of ether oxygens (including phenoxy) is 1. The highest BCUT2D eigenvalue weighted by Crippen LogP contribution is 2.34. The molecule has 72 valence electrons. The van der Waals surface area contributed by atoms with Crippen molar-refractivity contribution in [2.24, 2.45) is 11.3 Å². The number of nitrogens with zero attached hydrogens (tertiary/aromatic N) is 1. The molecule has 1 fully saturated rings. The lowest BCUT2D eigenvalue weighted by molar-refractivity contribution is -0.149. The Bertz CT molecular complexity index is 240. The van der Waals surface area contributed by atoms with Crippen molar-refractivity contribution < 1.29 is 14.6 Å². The Morgan fingerprint density at radius 2 is 2.15 bits per heavy atom. The summed E-state index contributed by atoms with van der Waals surface area (Å²) >= 11 is 0. The Kier molecular flexibility index (Phi) is 2.89. The van der Waals surface area contributed by atoms with E-state index in [1.807, 2.05) is 6.07 Å². The molecular weight excluding hydrogens is 170 g/mol. The Balaban J connectivity index is 2.76. The van der Waals surface area contributed by atoms with E-state index in [2.05, 4.69) is 0 Å². The molecule has 0 aromatic rings. The first-order valence-corrected chi connectivity index (χ1v) is 4.33. The normalized spacial score (nSPS) is 23.1. The lowest BCUT2D eigenvalue weighted by Crippen LogP contribution is -2.37. The molecule has 4 heteroatoms. The lowest BCUT2D eigenvalue weighted by atomic mass is 9.74. The minimum Gasteiger partial charge on any atom is -0.480 e. The number of nitriles is 1. The third-order valence-corrected chi connectivity index (χ3v) is 2.71. The molecule has 1 saturated heterocycles. The average Bonchev–Trinajstić information content (AvgIpc) is 2.17. The molecule has 1 N–H and O–H groups in total. The molecule has 13 heavy (non-hydrogen) atoms. The first-order chi connectivity index (χ1) is 6.11. The van der Waals surface area contributed by atoms with E-state index in [0.717, 1.165) is 0 Å². The zero-order valence-corrected chi connectivity index (χ0v) is 7.62. The SMILES string of the molecule is CC(C#N)(C(=O)O)C1CCOCC1. The van der Waals surface area contributed by atoms with Gasteiger partial charge < -0.3 is 9.84 Å². The largest absolute Gasteiger partial charge is 0.480 e. The summed E-state index contributed by atoms with van der Waals surface area (Å²) in [5.74, 6) is -1.11. The number of aliphatic carboxylic acids is 1. The van der Waals surface area contributed by atoms with Gasteiger partial charge in [0, 0.05) is 13.2 Å². The highest BCUT2D eigenvalue weighted by atomic mass is 16.5. The van der Waals surface area contributed by atoms with Crippen molar-refractivity contribution in [3.63, 3.8) is 0 Å². The Morgan fingerprint density at radius 1 is 1.62 bits per heavy atom. The quantitative estimate of drug-likeness (QED) is 0.694. The van der Waals surface area contributed by atoms with Crippen molar-refractivity contribution in [2.45, 2.75) is 19.8 Å². The second kappa shape index (κ2) is 3.75. The minimum absolute atomic E-state index is 0.0799. The van der Waals surface area contributed by atoms with Gasteiger partial charge in [-0.05, 0) is 25.7 Å². The van der Waals surface area contributed by atoms with Gasteiger partial charge in [-0.2, -0.15) is 5.26 Å². The number of carboxylic acid groups (broad SMARTS) is 1. The van der Waals surface area contributed by atoms with Gasteiger partial charge in [-0.25, -0.2) is 0 Å². The van der Waals surface area contributed by atoms with Crippen LogP contribution in [0.1, 0.15) is 19.8 Å². The molecule has 0 aliphatic carbocycles. The molecule has 1 atom stereocenters. The third kappa shape index (κ3) is 1.81. The molecule has 0 radical (unpaired) electrons. The van der Waals surface area contributed by atoms with Gasteiger partial charge in [-0.3, -0.25) is 4.79 Å². The summed E-state index contributed by atoms with van der Waals surface area (Å²) in [6.45, 7) is 2.62. The first kappa shape index (κ1) is 10.0. The molecule has 4 nitrogen and oxygen atoms in total. The molecular formula is C9H13NO3. The van der Waals surface area contributed by atoms with Crippen molar-refractivity contribution in [1.82, 2.24) is 0 Å². The van der Waals surface area contributed by atoms with Gasteiger partial charge >= 0.3 is 5.97 Å². The maximum atomic E-state index is 10.9. The number of hydrogen-bond donors (Lipinski definition) is 1. The van der Waals surface area contributed by atoms with E-state index >= 15 is 0 Å². The molecule has 0 amide bonds. The summed E-state index contributed by atoms with van der Waals surface area (Å²) in [7, 11) is 0. The fourth-order valence-electron chi connectivity index (χ4n) is 1.59. The number of carbonyl (C=O) groups is 1. The lowest BCUT2D eigenvalue weighted by Gasteiger charge is -2.30. The summed E-state index contributed by atoms with van der Waals surface area (Å²) in [6.07, 6.45) is 1.33. The molecule has 1 aliphatic rings. The summed E-state index contributed by atoms with van der Waals surface area (Å²) in [5, 5.41) is 17.8. The molecule has 1 heterocycles. The maximum absolute atomic E-state index is 10.9. The first-order valence-electron chi connectivity index (χ1n) is 4.33. The molecule has 0 aromatic carbocycles. The average molecular weight is 183 g/mol. The fraction of sp³-hybridized carbons (Fsp3) is 0.778. The Morgan fingerprint density at radius 3 is 2.54 bits per heavy atom. The van der Waals surface area contributed by atoms with Gasteiger partial charge in [0.25, 0.3) is 0 Å². The zero-order chi connectivity index (χ0) is 9.90. The molecule has 0 bridgehead atoms. The molecule has 1 unspecified atom stereocenters. The van der Waals surface area contributed by atoms with Crippen LogP contribution in [0.15, 0.2) is 0 Å². The number of carboxylic acids is 1. The summed E-state index contributed by atoms with van der Waals surface area (Å²) < 4.78 is 5.12. The molecule has 1 rings (SSSR count). The molecule has 0 aromatic heterocycles. The van der Waals surface area contributed by atoms with E-state index in [0.29, 0.717) is 26.1 Å². The van der Waals surface area contributed by atoms with Crippen molar-refractivity contribution in [3.05, 3.63) is 0 Å².